The molecule has 1 aromatic carbocycles. The fourth-order valence-corrected chi connectivity index (χ4v) is 6.29. The van der Waals surface area contributed by atoms with Gasteiger partial charge in [-0.2, -0.15) is 13.2 Å². The summed E-state index contributed by atoms with van der Waals surface area (Å²) in [5, 5.41) is 9.44. The summed E-state index contributed by atoms with van der Waals surface area (Å²) in [4.78, 5) is 19.0. The van der Waals surface area contributed by atoms with Crippen molar-refractivity contribution in [2.45, 2.75) is 32.0 Å². The molecule has 2 N–H and O–H groups in total. The number of H-pyrrole nitrogens is 1. The topological polar surface area (TPSA) is 92.8 Å². The van der Waals surface area contributed by atoms with Crippen molar-refractivity contribution in [2.24, 2.45) is 29.1 Å². The van der Waals surface area contributed by atoms with E-state index in [-0.39, 0.29) is 35.1 Å². The minimum atomic E-state index is -4.67. The number of nitrogens with zero attached hydrogens (tertiary/aromatic N) is 3. The Morgan fingerprint density at radius 2 is 2.09 bits per heavy atom. The number of fused-ring (bicyclic) bond motifs is 2. The van der Waals surface area contributed by atoms with E-state index in [1.807, 2.05) is 4.98 Å². The molecule has 4 fully saturated rings. The number of anilines is 1. The van der Waals surface area contributed by atoms with Crippen molar-refractivity contribution in [2.75, 3.05) is 5.32 Å². The minimum absolute atomic E-state index is 0.0265. The van der Waals surface area contributed by atoms with E-state index in [0.29, 0.717) is 22.6 Å². The van der Waals surface area contributed by atoms with Crippen molar-refractivity contribution in [3.05, 3.63) is 42.1 Å². The van der Waals surface area contributed by atoms with Gasteiger partial charge in [-0.3, -0.25) is 15.1 Å². The van der Waals surface area contributed by atoms with Crippen LogP contribution in [0.2, 0.25) is 0 Å². The molecule has 2 heterocycles. The average molecular weight is 461 g/mol. The summed E-state index contributed by atoms with van der Waals surface area (Å²) in [6.07, 6.45) is -1.34. The van der Waals surface area contributed by atoms with Crippen molar-refractivity contribution in [3.8, 4) is 5.75 Å². The van der Waals surface area contributed by atoms with Gasteiger partial charge in [0.05, 0.1) is 5.52 Å². The zero-order valence-electron chi connectivity index (χ0n) is 17.4. The highest BCUT2D eigenvalue weighted by atomic mass is 19.4. The first-order valence-electron chi connectivity index (χ1n) is 10.7. The van der Waals surface area contributed by atoms with Gasteiger partial charge in [0.2, 0.25) is 17.7 Å². The van der Waals surface area contributed by atoms with E-state index in [2.05, 4.69) is 20.5 Å². The predicted molar refractivity (Wildman–Crippen MR) is 107 cm³/mol. The molecule has 1 spiro atoms. The Kier molecular flexibility index (Phi) is 4.10. The molecule has 6 atom stereocenters. The highest BCUT2D eigenvalue weighted by molar-refractivity contribution is 5.91. The van der Waals surface area contributed by atoms with Crippen LogP contribution >= 0.6 is 0 Å². The molecule has 7 rings (SSSR count). The van der Waals surface area contributed by atoms with E-state index in [1.165, 1.54) is 12.1 Å². The zero-order valence-corrected chi connectivity index (χ0v) is 17.4. The quantitative estimate of drug-likeness (QED) is 0.556. The molecule has 4 saturated carbocycles. The summed E-state index contributed by atoms with van der Waals surface area (Å²) in [7, 11) is 0. The number of pyridine rings is 1. The smallest absolute Gasteiger partial charge is 0.451 e. The molecule has 33 heavy (non-hydrogen) atoms. The number of nitrogens with one attached hydrogen (secondary N) is 2. The van der Waals surface area contributed by atoms with E-state index in [4.69, 9.17) is 4.74 Å². The van der Waals surface area contributed by atoms with Gasteiger partial charge in [-0.05, 0) is 54.4 Å². The molecule has 2 aromatic heterocycles. The van der Waals surface area contributed by atoms with Gasteiger partial charge in [-0.25, -0.2) is 4.39 Å². The van der Waals surface area contributed by atoms with Crippen LogP contribution in [0.5, 0.6) is 5.75 Å². The lowest BCUT2D eigenvalue weighted by molar-refractivity contribution is -0.144. The summed E-state index contributed by atoms with van der Waals surface area (Å²) >= 11 is 0. The molecule has 7 nitrogen and oxygen atoms in total. The third kappa shape index (κ3) is 3.01. The first-order chi connectivity index (χ1) is 15.7. The SMILES string of the molecule is CC(C(=O)Nc1nnc(C(F)(F)F)[nH]1)[C@@H]1C2[C@H](Oc3ccnc4ccc(F)cc34)C[C@]13C[C@@H]23. The highest BCUT2D eigenvalue weighted by Crippen LogP contribution is 2.84. The standard InChI is InChI=1S/C22H19F4N5O2/c1-9(18(32)28-20-29-19(30-31-20)22(24,25)26)17-16-12-7-21(12,17)8-15(16)33-14-4-5-27-13-3-2-10(23)6-11(13)14/h2-6,9,12,15-17H,7-8H2,1H3,(H2,28,29,30,31,32)/t9?,12-,15+,16?,17+,21-/m0/s1. The van der Waals surface area contributed by atoms with Gasteiger partial charge in [0.15, 0.2) is 0 Å². The fourth-order valence-electron chi connectivity index (χ4n) is 6.29. The monoisotopic (exact) mass is 461 g/mol. The Balaban J connectivity index is 1.18. The number of benzene rings is 1. The molecule has 11 heteroatoms. The van der Waals surface area contributed by atoms with E-state index in [1.54, 1.807) is 25.3 Å². The van der Waals surface area contributed by atoms with Crippen molar-refractivity contribution < 1.29 is 27.1 Å². The number of aromatic amines is 1. The van der Waals surface area contributed by atoms with Gasteiger partial charge >= 0.3 is 6.18 Å². The van der Waals surface area contributed by atoms with Gasteiger partial charge in [0.25, 0.3) is 0 Å². The van der Waals surface area contributed by atoms with E-state index >= 15 is 0 Å². The maximum atomic E-state index is 13.8. The van der Waals surface area contributed by atoms with Crippen molar-refractivity contribution in [1.29, 1.82) is 0 Å². The Bertz CT molecular complexity index is 1280. The summed E-state index contributed by atoms with van der Waals surface area (Å²) in [6, 6.07) is 6.07. The Morgan fingerprint density at radius 1 is 1.27 bits per heavy atom. The van der Waals surface area contributed by atoms with Gasteiger partial charge in [0.1, 0.15) is 17.7 Å². The largest absolute Gasteiger partial charge is 0.489 e. The number of rotatable bonds is 5. The molecule has 0 radical (unpaired) electrons. The number of carbonyl (C=O) groups is 1. The van der Waals surface area contributed by atoms with Crippen LogP contribution in [0.3, 0.4) is 0 Å². The van der Waals surface area contributed by atoms with Crippen LogP contribution in [-0.2, 0) is 11.0 Å². The van der Waals surface area contributed by atoms with Crippen LogP contribution in [0.1, 0.15) is 25.6 Å². The second kappa shape index (κ2) is 6.64. The summed E-state index contributed by atoms with van der Waals surface area (Å²) in [5.74, 6) is -1.55. The lowest BCUT2D eigenvalue weighted by atomic mass is 9.65. The maximum Gasteiger partial charge on any atom is 0.451 e. The van der Waals surface area contributed by atoms with Gasteiger partial charge in [-0.15, -0.1) is 10.2 Å². The fraction of sp³-hybridized carbons (Fsp3) is 0.455. The Morgan fingerprint density at radius 3 is 2.85 bits per heavy atom. The van der Waals surface area contributed by atoms with Gasteiger partial charge < -0.3 is 9.72 Å². The number of alkyl halides is 3. The Hall–Kier alpha value is -3.24. The Labute approximate surface area is 184 Å². The number of hydrogen-bond donors (Lipinski definition) is 2. The number of hydrogen-bond acceptors (Lipinski definition) is 5. The van der Waals surface area contributed by atoms with Crippen LogP contribution in [0.4, 0.5) is 23.5 Å². The summed E-state index contributed by atoms with van der Waals surface area (Å²) in [6.45, 7) is 1.78. The second-order valence-corrected chi connectivity index (χ2v) is 9.28. The number of aromatic nitrogens is 4. The van der Waals surface area contributed by atoms with Gasteiger partial charge in [-0.1, -0.05) is 6.92 Å². The summed E-state index contributed by atoms with van der Waals surface area (Å²) < 4.78 is 58.2. The van der Waals surface area contributed by atoms with Crippen LogP contribution < -0.4 is 10.1 Å². The lowest BCUT2D eigenvalue weighted by Gasteiger charge is -2.39. The van der Waals surface area contributed by atoms with Crippen LogP contribution in [0.25, 0.3) is 10.9 Å². The number of halogens is 4. The first-order valence-corrected chi connectivity index (χ1v) is 10.7. The highest BCUT2D eigenvalue weighted by Gasteiger charge is 2.82. The van der Waals surface area contributed by atoms with E-state index in [0.717, 1.165) is 12.8 Å². The van der Waals surface area contributed by atoms with Crippen molar-refractivity contribution >= 4 is 22.8 Å². The van der Waals surface area contributed by atoms with Crippen molar-refractivity contribution in [1.82, 2.24) is 20.2 Å². The van der Waals surface area contributed by atoms with Crippen LogP contribution in [0.15, 0.2) is 30.5 Å². The molecule has 2 bridgehead atoms. The molecule has 172 valence electrons. The summed E-state index contributed by atoms with van der Waals surface area (Å²) in [5.41, 5.74) is 0.663. The molecule has 0 saturated heterocycles. The second-order valence-electron chi connectivity index (χ2n) is 9.28. The van der Waals surface area contributed by atoms with Crippen molar-refractivity contribution in [3.63, 3.8) is 0 Å². The predicted octanol–water partition coefficient (Wildman–Crippen LogP) is 4.19. The minimum Gasteiger partial charge on any atom is -0.489 e. The third-order valence-corrected chi connectivity index (χ3v) is 7.62. The maximum absolute atomic E-state index is 13.8. The molecule has 4 aliphatic carbocycles. The molecule has 2 unspecified atom stereocenters. The average Bonchev–Trinajstić information content (AvgIpc) is 3.13. The van der Waals surface area contributed by atoms with Crippen LogP contribution in [0, 0.1) is 34.9 Å². The molecular formula is C22H19F4N5O2. The van der Waals surface area contributed by atoms with Crippen LogP contribution in [-0.4, -0.2) is 32.2 Å². The molecule has 4 aliphatic rings. The normalized spacial score (nSPS) is 30.5. The first kappa shape index (κ1) is 20.4. The van der Waals surface area contributed by atoms with E-state index in [9.17, 15) is 22.4 Å². The molecular weight excluding hydrogens is 442 g/mol. The third-order valence-electron chi connectivity index (χ3n) is 7.62. The van der Waals surface area contributed by atoms with Gasteiger partial charge in [0, 0.05) is 23.4 Å². The lowest BCUT2D eigenvalue weighted by Crippen LogP contribution is -2.43. The number of amides is 1. The molecule has 0 aliphatic heterocycles. The molecule has 1 amide bonds. The number of ether oxygens (including phenoxy) is 1. The zero-order chi connectivity index (χ0) is 23.1. The molecule has 3 aromatic rings. The number of carbonyl (C=O) groups excluding carboxylic acids is 1. The van der Waals surface area contributed by atoms with E-state index < -0.39 is 23.8 Å².